The van der Waals surface area contributed by atoms with Crippen LogP contribution in [-0.4, -0.2) is 39.6 Å². The molecule has 0 unspecified atom stereocenters. The molecule has 0 aromatic heterocycles. The van der Waals surface area contributed by atoms with E-state index in [0.717, 1.165) is 0 Å². The Morgan fingerprint density at radius 3 is 1.92 bits per heavy atom. The predicted molar refractivity (Wildman–Crippen MR) is 38.7 cm³/mol. The largest absolute Gasteiger partial charge is 0.480 e. The van der Waals surface area contributed by atoms with E-state index in [1.165, 1.54) is 0 Å². The Kier molecular flexibility index (Phi) is 3.05. The monoisotopic (exact) mass is 173 g/mol. The van der Waals surface area contributed by atoms with Gasteiger partial charge in [-0.3, -0.25) is 10.2 Å². The summed E-state index contributed by atoms with van der Waals surface area (Å²) in [5.41, 5.74) is 2.84. The van der Waals surface area contributed by atoms with Crippen molar-refractivity contribution in [3.05, 3.63) is 0 Å². The van der Waals surface area contributed by atoms with Crippen molar-refractivity contribution in [3.8, 4) is 0 Å². The minimum absolute atomic E-state index is 0.921. The average Bonchev–Trinajstić information content (AvgIpc) is 2.00. The van der Waals surface area contributed by atoms with Crippen LogP contribution in [0.25, 0.3) is 0 Å². The first-order chi connectivity index (χ1) is 5.37. The van der Waals surface area contributed by atoms with Crippen LogP contribution in [-0.2, 0) is 9.59 Å². The van der Waals surface area contributed by atoms with Crippen LogP contribution in [0.1, 0.15) is 0 Å². The molecular formula is C5H7N3O4. The smallest absolute Gasteiger partial charge is 0.355 e. The summed E-state index contributed by atoms with van der Waals surface area (Å²) >= 11 is 0. The van der Waals surface area contributed by atoms with E-state index in [4.69, 9.17) is 26.8 Å². The van der Waals surface area contributed by atoms with Crippen LogP contribution < -0.4 is 5.73 Å². The standard InChI is InChI=1S/C5H7N3O4/c6-1(2(7)4(9)10)3(8)5(11)12/h2,6,8H,7H2,(H,9,10)(H,11,12)/t2-/m0/s1. The van der Waals surface area contributed by atoms with Gasteiger partial charge in [0.25, 0.3) is 0 Å². The van der Waals surface area contributed by atoms with E-state index < -0.39 is 29.4 Å². The highest BCUT2D eigenvalue weighted by Crippen LogP contribution is 1.86. The van der Waals surface area contributed by atoms with Crippen molar-refractivity contribution in [1.29, 1.82) is 10.8 Å². The molecule has 0 spiro atoms. The van der Waals surface area contributed by atoms with E-state index in [1.54, 1.807) is 0 Å². The molecule has 7 heteroatoms. The Labute approximate surface area is 66.8 Å². The van der Waals surface area contributed by atoms with E-state index in [1.807, 2.05) is 0 Å². The predicted octanol–water partition coefficient (Wildman–Crippen LogP) is -1.48. The lowest BCUT2D eigenvalue weighted by atomic mass is 10.1. The van der Waals surface area contributed by atoms with Gasteiger partial charge in [0.2, 0.25) is 0 Å². The molecule has 0 aromatic carbocycles. The van der Waals surface area contributed by atoms with Gasteiger partial charge in [-0.15, -0.1) is 0 Å². The summed E-state index contributed by atoms with van der Waals surface area (Å²) in [5, 5.41) is 30.0. The minimum Gasteiger partial charge on any atom is -0.480 e. The molecule has 0 aliphatic heterocycles. The Bertz CT molecular complexity index is 259. The fourth-order valence-corrected chi connectivity index (χ4v) is 0.394. The third-order valence-corrected chi connectivity index (χ3v) is 1.06. The van der Waals surface area contributed by atoms with Gasteiger partial charge in [-0.25, -0.2) is 4.79 Å². The quantitative estimate of drug-likeness (QED) is 0.329. The molecule has 0 aliphatic rings. The van der Waals surface area contributed by atoms with Crippen molar-refractivity contribution < 1.29 is 19.8 Å². The lowest BCUT2D eigenvalue weighted by Crippen LogP contribution is -2.44. The highest BCUT2D eigenvalue weighted by atomic mass is 16.4. The van der Waals surface area contributed by atoms with Crippen LogP contribution in [0.2, 0.25) is 0 Å². The number of hydrogen-bond acceptors (Lipinski definition) is 5. The SMILES string of the molecule is N=C(C(=N)[C@H](N)C(=O)O)C(=O)O. The van der Waals surface area contributed by atoms with Gasteiger partial charge in [-0.2, -0.15) is 0 Å². The fraction of sp³-hybridized carbons (Fsp3) is 0.200. The molecule has 66 valence electrons. The second-order valence-corrected chi connectivity index (χ2v) is 1.91. The van der Waals surface area contributed by atoms with Crippen LogP contribution >= 0.6 is 0 Å². The number of carboxylic acids is 2. The molecule has 0 heterocycles. The second kappa shape index (κ2) is 3.58. The highest BCUT2D eigenvalue weighted by molar-refractivity contribution is 6.65. The molecule has 7 nitrogen and oxygen atoms in total. The maximum absolute atomic E-state index is 10.1. The highest BCUT2D eigenvalue weighted by Gasteiger charge is 2.24. The summed E-state index contributed by atoms with van der Waals surface area (Å²) in [5.74, 6) is -3.21. The number of carboxylic acid groups (broad SMARTS) is 2. The molecule has 0 saturated heterocycles. The van der Waals surface area contributed by atoms with Crippen LogP contribution in [0.4, 0.5) is 0 Å². The van der Waals surface area contributed by atoms with E-state index in [9.17, 15) is 9.59 Å². The Balaban J connectivity index is 4.51. The molecular weight excluding hydrogens is 166 g/mol. The first kappa shape index (κ1) is 10.2. The Morgan fingerprint density at radius 2 is 1.67 bits per heavy atom. The van der Waals surface area contributed by atoms with Gasteiger partial charge >= 0.3 is 11.9 Å². The van der Waals surface area contributed by atoms with E-state index in [-0.39, 0.29) is 0 Å². The number of nitrogens with two attached hydrogens (primary N) is 1. The molecule has 0 bridgehead atoms. The van der Waals surface area contributed by atoms with Gasteiger partial charge in [0, 0.05) is 0 Å². The normalized spacial score (nSPS) is 11.8. The third kappa shape index (κ3) is 2.13. The number of aliphatic carboxylic acids is 2. The van der Waals surface area contributed by atoms with Gasteiger partial charge in [-0.1, -0.05) is 0 Å². The van der Waals surface area contributed by atoms with Crippen molar-refractivity contribution in [1.82, 2.24) is 0 Å². The molecule has 12 heavy (non-hydrogen) atoms. The molecule has 6 N–H and O–H groups in total. The minimum atomic E-state index is -1.76. The summed E-state index contributed by atoms with van der Waals surface area (Å²) < 4.78 is 0. The molecule has 1 atom stereocenters. The fourth-order valence-electron chi connectivity index (χ4n) is 0.394. The number of rotatable bonds is 4. The topological polar surface area (TPSA) is 148 Å². The molecule has 0 aromatic rings. The maximum atomic E-state index is 10.1. The number of carbonyl (C=O) groups is 2. The summed E-state index contributed by atoms with van der Waals surface area (Å²) in [4.78, 5) is 20.2. The van der Waals surface area contributed by atoms with Gasteiger partial charge in [0.1, 0.15) is 6.04 Å². The van der Waals surface area contributed by atoms with Crippen molar-refractivity contribution >= 4 is 23.4 Å². The Hall–Kier alpha value is -1.76. The first-order valence-corrected chi connectivity index (χ1v) is 2.77. The van der Waals surface area contributed by atoms with Gasteiger partial charge in [0.15, 0.2) is 5.71 Å². The average molecular weight is 173 g/mol. The van der Waals surface area contributed by atoms with Crippen LogP contribution in [0, 0.1) is 10.8 Å². The van der Waals surface area contributed by atoms with Crippen LogP contribution in [0.3, 0.4) is 0 Å². The molecule has 0 saturated carbocycles. The summed E-state index contributed by atoms with van der Waals surface area (Å²) in [6, 6.07) is -1.76. The molecule has 0 radical (unpaired) electrons. The zero-order valence-corrected chi connectivity index (χ0v) is 5.87. The van der Waals surface area contributed by atoms with Crippen molar-refractivity contribution in [3.63, 3.8) is 0 Å². The van der Waals surface area contributed by atoms with E-state index in [2.05, 4.69) is 0 Å². The van der Waals surface area contributed by atoms with E-state index in [0.29, 0.717) is 0 Å². The number of nitrogens with one attached hydrogen (secondary N) is 2. The molecule has 0 rings (SSSR count). The van der Waals surface area contributed by atoms with Crippen molar-refractivity contribution in [2.45, 2.75) is 6.04 Å². The second-order valence-electron chi connectivity index (χ2n) is 1.91. The lowest BCUT2D eigenvalue weighted by molar-refractivity contribution is -0.136. The summed E-state index contributed by atoms with van der Waals surface area (Å²) in [7, 11) is 0. The first-order valence-electron chi connectivity index (χ1n) is 2.77. The van der Waals surface area contributed by atoms with Gasteiger partial charge < -0.3 is 21.4 Å². The van der Waals surface area contributed by atoms with Crippen molar-refractivity contribution in [2.24, 2.45) is 5.73 Å². The van der Waals surface area contributed by atoms with Crippen molar-refractivity contribution in [2.75, 3.05) is 0 Å². The number of hydrogen-bond donors (Lipinski definition) is 5. The molecule has 0 fully saturated rings. The van der Waals surface area contributed by atoms with Gasteiger partial charge in [0.05, 0.1) is 5.71 Å². The maximum Gasteiger partial charge on any atom is 0.355 e. The summed E-state index contributed by atoms with van der Waals surface area (Å²) in [6.45, 7) is 0. The van der Waals surface area contributed by atoms with E-state index >= 15 is 0 Å². The zero-order valence-electron chi connectivity index (χ0n) is 5.87. The third-order valence-electron chi connectivity index (χ3n) is 1.06. The Morgan fingerprint density at radius 1 is 1.25 bits per heavy atom. The molecule has 0 aliphatic carbocycles. The zero-order chi connectivity index (χ0) is 9.89. The van der Waals surface area contributed by atoms with Gasteiger partial charge in [-0.05, 0) is 0 Å². The van der Waals surface area contributed by atoms with Crippen LogP contribution in [0.5, 0.6) is 0 Å². The van der Waals surface area contributed by atoms with Crippen LogP contribution in [0.15, 0.2) is 0 Å². The lowest BCUT2D eigenvalue weighted by Gasteiger charge is -2.05. The summed E-state index contributed by atoms with van der Waals surface area (Å²) in [6.07, 6.45) is 0. The molecule has 0 amide bonds.